The molecular weight excluding hydrogens is 336 g/mol. The van der Waals surface area contributed by atoms with Gasteiger partial charge < -0.3 is 20.3 Å². The van der Waals surface area contributed by atoms with Crippen LogP contribution in [-0.2, 0) is 14.8 Å². The zero-order chi connectivity index (χ0) is 18.5. The lowest BCUT2D eigenvalue weighted by atomic mass is 10.0. The van der Waals surface area contributed by atoms with E-state index < -0.39 is 33.9 Å². The summed E-state index contributed by atoms with van der Waals surface area (Å²) in [7, 11) is -4.03. The molecule has 136 valence electrons. The number of alkyl carbamates (subject to hydrolysis) is 1. The SMILES string of the molecule is CC(C)(C)OC(=O)NCCC(O)C(O)c1ccccc1S(N)(=O)=O. The van der Waals surface area contributed by atoms with Crippen molar-refractivity contribution in [2.24, 2.45) is 5.14 Å². The maximum atomic E-state index is 11.5. The number of hydrogen-bond donors (Lipinski definition) is 4. The Kier molecular flexibility index (Phi) is 6.73. The molecule has 2 atom stereocenters. The number of nitrogens with one attached hydrogen (secondary N) is 1. The quantitative estimate of drug-likeness (QED) is 0.587. The Hall–Kier alpha value is -1.68. The number of hydrogen-bond acceptors (Lipinski definition) is 6. The Bertz CT molecular complexity index is 669. The van der Waals surface area contributed by atoms with E-state index in [-0.39, 0.29) is 23.4 Å². The maximum absolute atomic E-state index is 11.5. The molecule has 0 aliphatic rings. The van der Waals surface area contributed by atoms with Crippen molar-refractivity contribution < 1.29 is 28.2 Å². The van der Waals surface area contributed by atoms with Crippen molar-refractivity contribution in [3.8, 4) is 0 Å². The molecule has 0 aromatic heterocycles. The van der Waals surface area contributed by atoms with E-state index in [4.69, 9.17) is 9.88 Å². The number of aliphatic hydroxyl groups excluding tert-OH is 2. The van der Waals surface area contributed by atoms with Gasteiger partial charge >= 0.3 is 6.09 Å². The van der Waals surface area contributed by atoms with Crippen molar-refractivity contribution in [1.82, 2.24) is 5.32 Å². The molecule has 0 saturated heterocycles. The monoisotopic (exact) mass is 360 g/mol. The van der Waals surface area contributed by atoms with E-state index in [1.165, 1.54) is 24.3 Å². The Morgan fingerprint density at radius 3 is 2.42 bits per heavy atom. The lowest BCUT2D eigenvalue weighted by Gasteiger charge is -2.22. The average Bonchev–Trinajstić information content (AvgIpc) is 2.43. The van der Waals surface area contributed by atoms with Crippen LogP contribution in [0.5, 0.6) is 0 Å². The fourth-order valence-electron chi connectivity index (χ4n) is 1.99. The van der Waals surface area contributed by atoms with Gasteiger partial charge in [-0.1, -0.05) is 18.2 Å². The van der Waals surface area contributed by atoms with Crippen molar-refractivity contribution >= 4 is 16.1 Å². The predicted octanol–water partition coefficient (Wildman–Crippen LogP) is 0.643. The Labute approximate surface area is 141 Å². The van der Waals surface area contributed by atoms with Crippen LogP contribution in [0.15, 0.2) is 29.2 Å². The minimum Gasteiger partial charge on any atom is -0.444 e. The predicted molar refractivity (Wildman–Crippen MR) is 87.6 cm³/mol. The molecule has 0 aliphatic carbocycles. The van der Waals surface area contributed by atoms with Gasteiger partial charge in [-0.05, 0) is 33.3 Å². The van der Waals surface area contributed by atoms with Crippen LogP contribution < -0.4 is 10.5 Å². The van der Waals surface area contributed by atoms with E-state index in [9.17, 15) is 23.4 Å². The van der Waals surface area contributed by atoms with Crippen molar-refractivity contribution in [1.29, 1.82) is 0 Å². The summed E-state index contributed by atoms with van der Waals surface area (Å²) in [6.07, 6.45) is -3.39. The van der Waals surface area contributed by atoms with E-state index in [0.29, 0.717) is 0 Å². The molecule has 2 unspecified atom stereocenters. The van der Waals surface area contributed by atoms with Crippen molar-refractivity contribution in [3.05, 3.63) is 29.8 Å². The summed E-state index contributed by atoms with van der Waals surface area (Å²) >= 11 is 0. The topological polar surface area (TPSA) is 139 Å². The molecule has 0 radical (unpaired) electrons. The molecule has 0 saturated carbocycles. The summed E-state index contributed by atoms with van der Waals surface area (Å²) in [6.45, 7) is 5.20. The number of sulfonamides is 1. The van der Waals surface area contributed by atoms with Crippen LogP contribution in [0.2, 0.25) is 0 Å². The number of ether oxygens (including phenoxy) is 1. The van der Waals surface area contributed by atoms with Gasteiger partial charge in [0, 0.05) is 12.1 Å². The van der Waals surface area contributed by atoms with E-state index in [1.807, 2.05) is 0 Å². The fourth-order valence-corrected chi connectivity index (χ4v) is 2.77. The highest BCUT2D eigenvalue weighted by molar-refractivity contribution is 7.89. The number of carbonyl (C=O) groups excluding carboxylic acids is 1. The van der Waals surface area contributed by atoms with E-state index >= 15 is 0 Å². The van der Waals surface area contributed by atoms with Crippen LogP contribution in [-0.4, -0.2) is 43.0 Å². The Morgan fingerprint density at radius 2 is 1.88 bits per heavy atom. The lowest BCUT2D eigenvalue weighted by molar-refractivity contribution is 0.0108. The minimum absolute atomic E-state index is 0.000632. The molecule has 0 fully saturated rings. The normalized spacial score (nSPS) is 14.8. The molecule has 0 heterocycles. The van der Waals surface area contributed by atoms with Crippen molar-refractivity contribution in [2.75, 3.05) is 6.54 Å². The second kappa shape index (κ2) is 7.93. The van der Waals surface area contributed by atoms with Gasteiger partial charge in [0.05, 0.1) is 11.0 Å². The summed E-state index contributed by atoms with van der Waals surface area (Å²) in [4.78, 5) is 11.2. The van der Waals surface area contributed by atoms with Gasteiger partial charge in [0.25, 0.3) is 0 Å². The third-order valence-corrected chi connectivity index (χ3v) is 4.00. The summed E-state index contributed by atoms with van der Waals surface area (Å²) in [5.74, 6) is 0. The molecule has 24 heavy (non-hydrogen) atoms. The van der Waals surface area contributed by atoms with E-state index in [2.05, 4.69) is 5.32 Å². The number of primary sulfonamides is 1. The standard InChI is InChI=1S/C15H24N2O6S/c1-15(2,3)23-14(20)17-9-8-11(18)13(19)10-6-4-5-7-12(10)24(16,21)22/h4-7,11,13,18-19H,8-9H2,1-3H3,(H,17,20)(H2,16,21,22). The highest BCUT2D eigenvalue weighted by atomic mass is 32.2. The maximum Gasteiger partial charge on any atom is 0.407 e. The zero-order valence-electron chi connectivity index (χ0n) is 13.9. The zero-order valence-corrected chi connectivity index (χ0v) is 14.7. The molecule has 1 aromatic rings. The van der Waals surface area contributed by atoms with Gasteiger partial charge in [0.2, 0.25) is 10.0 Å². The molecule has 1 rings (SSSR count). The van der Waals surface area contributed by atoms with Gasteiger partial charge in [-0.25, -0.2) is 18.4 Å². The van der Waals surface area contributed by atoms with Crippen molar-refractivity contribution in [3.63, 3.8) is 0 Å². The summed E-state index contributed by atoms with van der Waals surface area (Å²) in [5.41, 5.74) is -0.638. The third kappa shape index (κ3) is 6.44. The summed E-state index contributed by atoms with van der Waals surface area (Å²) in [6, 6.07) is 5.61. The summed E-state index contributed by atoms with van der Waals surface area (Å²) in [5, 5.41) is 27.7. The van der Waals surface area contributed by atoms with Crippen LogP contribution in [0.25, 0.3) is 0 Å². The van der Waals surface area contributed by atoms with E-state index in [0.717, 1.165) is 0 Å². The van der Waals surface area contributed by atoms with Gasteiger partial charge in [-0.2, -0.15) is 0 Å². The number of amides is 1. The highest BCUT2D eigenvalue weighted by Crippen LogP contribution is 2.25. The average molecular weight is 360 g/mol. The number of rotatable bonds is 6. The first-order valence-corrected chi connectivity index (χ1v) is 8.91. The van der Waals surface area contributed by atoms with Gasteiger partial charge in [0.1, 0.15) is 11.7 Å². The number of aliphatic hydroxyl groups is 2. The molecule has 1 amide bonds. The number of benzene rings is 1. The lowest BCUT2D eigenvalue weighted by Crippen LogP contribution is -2.34. The smallest absolute Gasteiger partial charge is 0.407 e. The van der Waals surface area contributed by atoms with Crippen LogP contribution in [0, 0.1) is 0 Å². The largest absolute Gasteiger partial charge is 0.444 e. The second-order valence-corrected chi connectivity index (χ2v) is 7.84. The van der Waals surface area contributed by atoms with Crippen LogP contribution in [0.3, 0.4) is 0 Å². The molecule has 9 heteroatoms. The molecule has 1 aromatic carbocycles. The van der Waals surface area contributed by atoms with Crippen LogP contribution in [0.4, 0.5) is 4.79 Å². The Morgan fingerprint density at radius 1 is 1.29 bits per heavy atom. The van der Waals surface area contributed by atoms with Crippen molar-refractivity contribution in [2.45, 2.75) is 49.9 Å². The second-order valence-electron chi connectivity index (χ2n) is 6.31. The van der Waals surface area contributed by atoms with Crippen LogP contribution in [0.1, 0.15) is 38.9 Å². The third-order valence-electron chi connectivity index (χ3n) is 3.02. The summed E-state index contributed by atoms with van der Waals surface area (Å²) < 4.78 is 28.1. The highest BCUT2D eigenvalue weighted by Gasteiger charge is 2.25. The first kappa shape index (κ1) is 20.4. The number of carbonyl (C=O) groups is 1. The van der Waals surface area contributed by atoms with Gasteiger partial charge in [0.15, 0.2) is 0 Å². The van der Waals surface area contributed by atoms with Gasteiger partial charge in [-0.15, -0.1) is 0 Å². The molecular formula is C15H24N2O6S. The molecule has 5 N–H and O–H groups in total. The van der Waals surface area contributed by atoms with Gasteiger partial charge in [-0.3, -0.25) is 0 Å². The molecule has 8 nitrogen and oxygen atoms in total. The number of nitrogens with two attached hydrogens (primary N) is 1. The van der Waals surface area contributed by atoms with Crippen LogP contribution >= 0.6 is 0 Å². The van der Waals surface area contributed by atoms with E-state index in [1.54, 1.807) is 20.8 Å². The minimum atomic E-state index is -4.03. The molecule has 0 spiro atoms. The first-order chi connectivity index (χ1) is 10.9. The Balaban J connectivity index is 2.67. The fraction of sp³-hybridized carbons (Fsp3) is 0.533. The first-order valence-electron chi connectivity index (χ1n) is 7.36. The molecule has 0 bridgehead atoms. The molecule has 0 aliphatic heterocycles.